The Balaban J connectivity index is 2.44. The van der Waals surface area contributed by atoms with Gasteiger partial charge in [-0.3, -0.25) is 0 Å². The van der Waals surface area contributed by atoms with Crippen LogP contribution in [0.3, 0.4) is 0 Å². The van der Waals surface area contributed by atoms with E-state index in [9.17, 15) is 0 Å². The van der Waals surface area contributed by atoms with Crippen molar-refractivity contribution >= 4 is 0 Å². The molecule has 1 N–H and O–H groups in total. The van der Waals surface area contributed by atoms with E-state index in [2.05, 4.69) is 32.7 Å². The largest absolute Gasteiger partial charge is 0.314 e. The van der Waals surface area contributed by atoms with Crippen molar-refractivity contribution in [2.45, 2.75) is 39.7 Å². The molecule has 1 saturated heterocycles. The van der Waals surface area contributed by atoms with E-state index in [0.717, 1.165) is 12.0 Å². The normalized spacial score (nSPS) is 28.4. The molecule has 0 amide bonds. The van der Waals surface area contributed by atoms with Gasteiger partial charge in [-0.05, 0) is 38.1 Å². The molecule has 0 radical (unpaired) electrons. The molecular formula is C11H21N. The third kappa shape index (κ3) is 2.10. The van der Waals surface area contributed by atoms with Gasteiger partial charge in [-0.2, -0.15) is 0 Å². The minimum Gasteiger partial charge on any atom is -0.314 e. The zero-order valence-electron chi connectivity index (χ0n) is 8.56. The van der Waals surface area contributed by atoms with E-state index >= 15 is 0 Å². The van der Waals surface area contributed by atoms with Crippen molar-refractivity contribution in [2.24, 2.45) is 11.8 Å². The summed E-state index contributed by atoms with van der Waals surface area (Å²) in [4.78, 5) is 0. The second-order valence-electron chi connectivity index (χ2n) is 4.20. The Morgan fingerprint density at radius 1 is 1.50 bits per heavy atom. The fraction of sp³-hybridized carbons (Fsp3) is 0.818. The minimum absolute atomic E-state index is 0.653. The molecule has 12 heavy (non-hydrogen) atoms. The molecule has 0 unspecified atom stereocenters. The maximum absolute atomic E-state index is 4.02. The summed E-state index contributed by atoms with van der Waals surface area (Å²) >= 11 is 0. The summed E-state index contributed by atoms with van der Waals surface area (Å²) in [5.41, 5.74) is 1.32. The Morgan fingerprint density at radius 2 is 2.17 bits per heavy atom. The highest BCUT2D eigenvalue weighted by Gasteiger charge is 2.25. The van der Waals surface area contributed by atoms with Crippen molar-refractivity contribution in [3.63, 3.8) is 0 Å². The monoisotopic (exact) mass is 167 g/mol. The van der Waals surface area contributed by atoms with Gasteiger partial charge < -0.3 is 5.32 Å². The van der Waals surface area contributed by atoms with Crippen molar-refractivity contribution < 1.29 is 0 Å². The van der Waals surface area contributed by atoms with E-state index in [1.165, 1.54) is 25.0 Å². The average molecular weight is 167 g/mol. The molecule has 3 atom stereocenters. The van der Waals surface area contributed by atoms with Gasteiger partial charge in [0.1, 0.15) is 0 Å². The van der Waals surface area contributed by atoms with Crippen LogP contribution in [0.15, 0.2) is 12.2 Å². The first-order chi connectivity index (χ1) is 5.63. The SMILES string of the molecule is C=C(C)[C@H](C)[C@@H](C)[C@@H]1CCCN1. The van der Waals surface area contributed by atoms with Gasteiger partial charge >= 0.3 is 0 Å². The summed E-state index contributed by atoms with van der Waals surface area (Å²) in [7, 11) is 0. The quantitative estimate of drug-likeness (QED) is 0.637. The molecule has 1 heterocycles. The Bertz CT molecular complexity index is 156. The van der Waals surface area contributed by atoms with Gasteiger partial charge in [-0.15, -0.1) is 0 Å². The van der Waals surface area contributed by atoms with Crippen molar-refractivity contribution in [2.75, 3.05) is 6.54 Å². The fourth-order valence-electron chi connectivity index (χ4n) is 1.96. The van der Waals surface area contributed by atoms with Crippen molar-refractivity contribution in [1.29, 1.82) is 0 Å². The van der Waals surface area contributed by atoms with Crippen LogP contribution < -0.4 is 5.32 Å². The molecule has 0 saturated carbocycles. The Kier molecular flexibility index (Phi) is 3.33. The molecule has 1 fully saturated rings. The van der Waals surface area contributed by atoms with Crippen molar-refractivity contribution in [1.82, 2.24) is 5.32 Å². The second kappa shape index (κ2) is 4.08. The predicted molar refractivity (Wildman–Crippen MR) is 54.2 cm³/mol. The summed E-state index contributed by atoms with van der Waals surface area (Å²) in [6.45, 7) is 12.0. The zero-order chi connectivity index (χ0) is 9.14. The number of hydrogen-bond donors (Lipinski definition) is 1. The van der Waals surface area contributed by atoms with Gasteiger partial charge in [0.15, 0.2) is 0 Å². The molecule has 1 nitrogen and oxygen atoms in total. The molecule has 1 rings (SSSR count). The molecule has 0 bridgehead atoms. The molecule has 1 heteroatoms. The van der Waals surface area contributed by atoms with Crippen LogP contribution in [0, 0.1) is 11.8 Å². The van der Waals surface area contributed by atoms with Gasteiger partial charge in [0.2, 0.25) is 0 Å². The van der Waals surface area contributed by atoms with E-state index in [1.807, 2.05) is 0 Å². The highest BCUT2D eigenvalue weighted by Crippen LogP contribution is 2.25. The lowest BCUT2D eigenvalue weighted by molar-refractivity contribution is 0.338. The molecule has 0 spiro atoms. The first kappa shape index (κ1) is 9.79. The summed E-state index contributed by atoms with van der Waals surface area (Å²) < 4.78 is 0. The van der Waals surface area contributed by atoms with E-state index < -0.39 is 0 Å². The Morgan fingerprint density at radius 3 is 2.58 bits per heavy atom. The molecule has 0 aromatic rings. The highest BCUT2D eigenvalue weighted by atomic mass is 14.9. The van der Waals surface area contributed by atoms with E-state index in [1.54, 1.807) is 0 Å². The van der Waals surface area contributed by atoms with Gasteiger partial charge in [0.25, 0.3) is 0 Å². The zero-order valence-corrected chi connectivity index (χ0v) is 8.56. The summed E-state index contributed by atoms with van der Waals surface area (Å²) in [5.74, 6) is 1.39. The lowest BCUT2D eigenvalue weighted by atomic mass is 9.84. The number of allylic oxidation sites excluding steroid dienone is 1. The Hall–Kier alpha value is -0.300. The van der Waals surface area contributed by atoms with Crippen molar-refractivity contribution in [3.05, 3.63) is 12.2 Å². The molecule has 0 aromatic heterocycles. The van der Waals surface area contributed by atoms with Gasteiger partial charge in [0.05, 0.1) is 0 Å². The maximum Gasteiger partial charge on any atom is 0.00987 e. The van der Waals surface area contributed by atoms with Crippen LogP contribution in [0.1, 0.15) is 33.6 Å². The second-order valence-corrected chi connectivity index (χ2v) is 4.20. The van der Waals surface area contributed by atoms with Crippen LogP contribution in [0.25, 0.3) is 0 Å². The molecular weight excluding hydrogens is 146 g/mol. The van der Waals surface area contributed by atoms with Gasteiger partial charge in [-0.25, -0.2) is 0 Å². The lowest BCUT2D eigenvalue weighted by Crippen LogP contribution is -2.32. The van der Waals surface area contributed by atoms with Crippen LogP contribution in [0.5, 0.6) is 0 Å². The van der Waals surface area contributed by atoms with Gasteiger partial charge in [-0.1, -0.05) is 26.0 Å². The molecule has 0 aromatic carbocycles. The standard InChI is InChI=1S/C11H21N/c1-8(2)9(3)10(4)11-6-5-7-12-11/h9-12H,1,5-7H2,2-4H3/t9-,10+,11-/m0/s1. The van der Waals surface area contributed by atoms with E-state index in [0.29, 0.717) is 5.92 Å². The lowest BCUT2D eigenvalue weighted by Gasteiger charge is -2.26. The van der Waals surface area contributed by atoms with E-state index in [-0.39, 0.29) is 0 Å². The first-order valence-corrected chi connectivity index (χ1v) is 5.01. The maximum atomic E-state index is 4.02. The molecule has 70 valence electrons. The molecule has 1 aliphatic heterocycles. The smallest absolute Gasteiger partial charge is 0.00987 e. The number of rotatable bonds is 3. The third-order valence-corrected chi connectivity index (χ3v) is 3.30. The summed E-state index contributed by atoms with van der Waals surface area (Å²) in [5, 5.41) is 3.55. The molecule has 0 aliphatic carbocycles. The number of nitrogens with one attached hydrogen (secondary N) is 1. The minimum atomic E-state index is 0.653. The van der Waals surface area contributed by atoms with E-state index in [4.69, 9.17) is 0 Å². The fourth-order valence-corrected chi connectivity index (χ4v) is 1.96. The van der Waals surface area contributed by atoms with Crippen molar-refractivity contribution in [3.8, 4) is 0 Å². The summed E-state index contributed by atoms with van der Waals surface area (Å²) in [6.07, 6.45) is 2.69. The van der Waals surface area contributed by atoms with Crippen LogP contribution >= 0.6 is 0 Å². The third-order valence-electron chi connectivity index (χ3n) is 3.30. The van der Waals surface area contributed by atoms with Crippen LogP contribution in [0.4, 0.5) is 0 Å². The van der Waals surface area contributed by atoms with Crippen LogP contribution in [-0.2, 0) is 0 Å². The Labute approximate surface area is 76.2 Å². The van der Waals surface area contributed by atoms with Crippen LogP contribution in [0.2, 0.25) is 0 Å². The molecule has 1 aliphatic rings. The number of hydrogen-bond acceptors (Lipinski definition) is 1. The topological polar surface area (TPSA) is 12.0 Å². The summed E-state index contributed by atoms with van der Waals surface area (Å²) in [6, 6.07) is 0.733. The van der Waals surface area contributed by atoms with Gasteiger partial charge in [0, 0.05) is 6.04 Å². The van der Waals surface area contributed by atoms with Crippen LogP contribution in [-0.4, -0.2) is 12.6 Å². The first-order valence-electron chi connectivity index (χ1n) is 5.01. The average Bonchev–Trinajstić information content (AvgIpc) is 2.53. The highest BCUT2D eigenvalue weighted by molar-refractivity contribution is 4.99. The predicted octanol–water partition coefficient (Wildman–Crippen LogP) is 2.59.